The van der Waals surface area contributed by atoms with Gasteiger partial charge in [-0.3, -0.25) is 0 Å². The van der Waals surface area contributed by atoms with Gasteiger partial charge in [-0.1, -0.05) is 0 Å². The summed E-state index contributed by atoms with van der Waals surface area (Å²) in [5, 5.41) is 14.0. The molecule has 4 N–H and O–H groups in total. The van der Waals surface area contributed by atoms with Gasteiger partial charge in [-0.2, -0.15) is 0 Å². The van der Waals surface area contributed by atoms with E-state index < -0.39 is 0 Å². The van der Waals surface area contributed by atoms with E-state index in [0.29, 0.717) is 12.1 Å². The van der Waals surface area contributed by atoms with Gasteiger partial charge in [-0.15, -0.1) is 0 Å². The van der Waals surface area contributed by atoms with E-state index in [1.54, 1.807) is 0 Å². The molecule has 96 valence electrons. The third kappa shape index (κ3) is 7.17. The Morgan fingerprint density at radius 1 is 0.688 bits per heavy atom. The minimum absolute atomic E-state index is 0.597. The second kappa shape index (κ2) is 8.93. The standard InChI is InChI=1S/C12H28N4/c1-11-10-12(2)16-9-7-14-5-3-4-13-6-8-15-11/h11-16H,3-10H2,1-2H3. The molecule has 4 heteroatoms. The van der Waals surface area contributed by atoms with Crippen molar-refractivity contribution in [1.29, 1.82) is 0 Å². The molecule has 2 unspecified atom stereocenters. The lowest BCUT2D eigenvalue weighted by Gasteiger charge is -2.20. The molecule has 0 aliphatic carbocycles. The topological polar surface area (TPSA) is 48.1 Å². The van der Waals surface area contributed by atoms with Crippen LogP contribution >= 0.6 is 0 Å². The van der Waals surface area contributed by atoms with Crippen molar-refractivity contribution in [3.8, 4) is 0 Å². The fourth-order valence-corrected chi connectivity index (χ4v) is 2.10. The van der Waals surface area contributed by atoms with Gasteiger partial charge in [0.25, 0.3) is 0 Å². The summed E-state index contributed by atoms with van der Waals surface area (Å²) < 4.78 is 0. The summed E-state index contributed by atoms with van der Waals surface area (Å²) in [5.74, 6) is 0. The molecule has 1 fully saturated rings. The van der Waals surface area contributed by atoms with Crippen LogP contribution in [0, 0.1) is 0 Å². The van der Waals surface area contributed by atoms with Gasteiger partial charge in [-0.25, -0.2) is 0 Å². The summed E-state index contributed by atoms with van der Waals surface area (Å²) in [6, 6.07) is 1.19. The van der Waals surface area contributed by atoms with Gasteiger partial charge in [-0.05, 0) is 39.8 Å². The summed E-state index contributed by atoms with van der Waals surface area (Å²) in [4.78, 5) is 0. The van der Waals surface area contributed by atoms with E-state index in [4.69, 9.17) is 0 Å². The molecule has 1 heterocycles. The van der Waals surface area contributed by atoms with E-state index in [1.165, 1.54) is 12.8 Å². The average Bonchev–Trinajstić information content (AvgIpc) is 2.25. The molecule has 0 aromatic carbocycles. The fraction of sp³-hybridized carbons (Fsp3) is 1.00. The lowest BCUT2D eigenvalue weighted by Crippen LogP contribution is -2.41. The maximum Gasteiger partial charge on any atom is 0.00792 e. The van der Waals surface area contributed by atoms with Crippen LogP contribution in [0.2, 0.25) is 0 Å². The molecule has 0 saturated carbocycles. The third-order valence-electron chi connectivity index (χ3n) is 3.00. The van der Waals surface area contributed by atoms with Gasteiger partial charge in [0.2, 0.25) is 0 Å². The second-order valence-electron chi connectivity index (χ2n) is 4.80. The van der Waals surface area contributed by atoms with Crippen LogP contribution in [0.5, 0.6) is 0 Å². The molecule has 1 aliphatic rings. The Labute approximate surface area is 99.9 Å². The minimum Gasteiger partial charge on any atom is -0.315 e. The van der Waals surface area contributed by atoms with Crippen molar-refractivity contribution in [2.24, 2.45) is 0 Å². The predicted octanol–water partition coefficient (Wildman–Crippen LogP) is -0.0844. The predicted molar refractivity (Wildman–Crippen MR) is 69.9 cm³/mol. The summed E-state index contributed by atoms with van der Waals surface area (Å²) in [6.45, 7) is 11.1. The fourth-order valence-electron chi connectivity index (χ4n) is 2.10. The molecular formula is C12H28N4. The zero-order valence-corrected chi connectivity index (χ0v) is 10.8. The molecule has 0 radical (unpaired) electrons. The molecule has 4 nitrogen and oxygen atoms in total. The summed E-state index contributed by atoms with van der Waals surface area (Å²) in [5.41, 5.74) is 0. The highest BCUT2D eigenvalue weighted by atomic mass is 15.0. The van der Waals surface area contributed by atoms with Crippen molar-refractivity contribution in [1.82, 2.24) is 21.3 Å². The van der Waals surface area contributed by atoms with Crippen LogP contribution in [0.15, 0.2) is 0 Å². The first-order valence-corrected chi connectivity index (χ1v) is 6.67. The first-order chi connectivity index (χ1) is 7.79. The summed E-state index contributed by atoms with van der Waals surface area (Å²) in [6.07, 6.45) is 2.41. The first-order valence-electron chi connectivity index (χ1n) is 6.67. The van der Waals surface area contributed by atoms with Crippen molar-refractivity contribution < 1.29 is 0 Å². The van der Waals surface area contributed by atoms with Gasteiger partial charge < -0.3 is 21.3 Å². The third-order valence-corrected chi connectivity index (χ3v) is 3.00. The Morgan fingerprint density at radius 2 is 1.19 bits per heavy atom. The monoisotopic (exact) mass is 228 g/mol. The Bertz CT molecular complexity index is 147. The number of hydrogen-bond acceptors (Lipinski definition) is 4. The van der Waals surface area contributed by atoms with E-state index in [-0.39, 0.29) is 0 Å². The molecule has 0 aromatic heterocycles. The number of hydrogen-bond donors (Lipinski definition) is 4. The Morgan fingerprint density at radius 3 is 1.69 bits per heavy atom. The van der Waals surface area contributed by atoms with E-state index in [9.17, 15) is 0 Å². The Hall–Kier alpha value is -0.160. The quantitative estimate of drug-likeness (QED) is 0.468. The molecule has 1 aliphatic heterocycles. The molecule has 2 atom stereocenters. The van der Waals surface area contributed by atoms with Crippen molar-refractivity contribution in [3.63, 3.8) is 0 Å². The molecule has 16 heavy (non-hydrogen) atoms. The van der Waals surface area contributed by atoms with Crippen LogP contribution in [-0.4, -0.2) is 51.4 Å². The molecule has 1 saturated heterocycles. The molecular weight excluding hydrogens is 200 g/mol. The van der Waals surface area contributed by atoms with Gasteiger partial charge in [0.05, 0.1) is 0 Å². The van der Waals surface area contributed by atoms with E-state index in [1.807, 2.05) is 0 Å². The average molecular weight is 228 g/mol. The minimum atomic E-state index is 0.597. The number of rotatable bonds is 0. The molecule has 1 rings (SSSR count). The maximum atomic E-state index is 3.55. The normalized spacial score (nSPS) is 31.9. The molecule has 0 aromatic rings. The highest BCUT2D eigenvalue weighted by Gasteiger charge is 2.07. The molecule has 0 bridgehead atoms. The van der Waals surface area contributed by atoms with Gasteiger partial charge in [0, 0.05) is 38.3 Å². The van der Waals surface area contributed by atoms with Crippen molar-refractivity contribution in [2.75, 3.05) is 39.3 Å². The zero-order valence-electron chi connectivity index (χ0n) is 10.8. The second-order valence-corrected chi connectivity index (χ2v) is 4.80. The van der Waals surface area contributed by atoms with Crippen molar-refractivity contribution >= 4 is 0 Å². The van der Waals surface area contributed by atoms with E-state index in [0.717, 1.165) is 39.3 Å². The smallest absolute Gasteiger partial charge is 0.00792 e. The lowest BCUT2D eigenvalue weighted by molar-refractivity contribution is 0.416. The molecule has 0 spiro atoms. The maximum absolute atomic E-state index is 3.55. The lowest BCUT2D eigenvalue weighted by atomic mass is 10.1. The van der Waals surface area contributed by atoms with Crippen molar-refractivity contribution in [2.45, 2.75) is 38.8 Å². The van der Waals surface area contributed by atoms with Crippen LogP contribution in [0.25, 0.3) is 0 Å². The van der Waals surface area contributed by atoms with Gasteiger partial charge in [0.1, 0.15) is 0 Å². The highest BCUT2D eigenvalue weighted by molar-refractivity contribution is 4.71. The number of nitrogens with one attached hydrogen (secondary N) is 4. The van der Waals surface area contributed by atoms with E-state index in [2.05, 4.69) is 35.1 Å². The largest absolute Gasteiger partial charge is 0.315 e. The Balaban J connectivity index is 2.21. The van der Waals surface area contributed by atoms with Crippen LogP contribution in [0.1, 0.15) is 26.7 Å². The first kappa shape index (κ1) is 13.9. The van der Waals surface area contributed by atoms with Crippen LogP contribution in [0.3, 0.4) is 0 Å². The van der Waals surface area contributed by atoms with Crippen LogP contribution in [-0.2, 0) is 0 Å². The van der Waals surface area contributed by atoms with Crippen molar-refractivity contribution in [3.05, 3.63) is 0 Å². The SMILES string of the molecule is CC1CC(C)NCCNCCCNCCN1. The molecule has 0 amide bonds. The van der Waals surface area contributed by atoms with Crippen LogP contribution in [0.4, 0.5) is 0 Å². The highest BCUT2D eigenvalue weighted by Crippen LogP contribution is 1.96. The summed E-state index contributed by atoms with van der Waals surface area (Å²) in [7, 11) is 0. The Kier molecular flexibility index (Phi) is 7.76. The van der Waals surface area contributed by atoms with Gasteiger partial charge in [0.15, 0.2) is 0 Å². The zero-order chi connectivity index (χ0) is 11.6. The van der Waals surface area contributed by atoms with Gasteiger partial charge >= 0.3 is 0 Å². The van der Waals surface area contributed by atoms with Crippen LogP contribution < -0.4 is 21.3 Å². The van der Waals surface area contributed by atoms with E-state index >= 15 is 0 Å². The summed E-state index contributed by atoms with van der Waals surface area (Å²) >= 11 is 0.